The largest absolute Gasteiger partial charge is 0.455 e. The summed E-state index contributed by atoms with van der Waals surface area (Å²) in [5, 5.41) is 25.1. The third kappa shape index (κ3) is 3.42. The van der Waals surface area contributed by atoms with Crippen LogP contribution in [0.5, 0.6) is 0 Å². The molecule has 7 aliphatic rings. The van der Waals surface area contributed by atoms with Gasteiger partial charge in [0, 0.05) is 76.0 Å². The summed E-state index contributed by atoms with van der Waals surface area (Å²) in [5.41, 5.74) is -3.46. The molecule has 2 aliphatic heterocycles. The van der Waals surface area contributed by atoms with E-state index in [1.54, 1.807) is 52.7 Å². The molecule has 2 saturated heterocycles. The predicted molar refractivity (Wildman–Crippen MR) is 163 cm³/mol. The Balaban J connectivity index is 1.41. The van der Waals surface area contributed by atoms with Crippen molar-refractivity contribution in [1.82, 2.24) is 4.90 Å². The Morgan fingerprint density at radius 1 is 1.04 bits per heavy atom. The Labute approximate surface area is 270 Å². The van der Waals surface area contributed by atoms with Gasteiger partial charge in [0.1, 0.15) is 29.5 Å². The van der Waals surface area contributed by atoms with Gasteiger partial charge in [0.15, 0.2) is 5.79 Å². The molecule has 11 nitrogen and oxygen atoms in total. The molecule has 254 valence electrons. The minimum absolute atomic E-state index is 0.0837. The first-order chi connectivity index (χ1) is 22.0. The van der Waals surface area contributed by atoms with E-state index in [2.05, 4.69) is 11.8 Å². The fourth-order valence-electron chi connectivity index (χ4n) is 12.9. The lowest BCUT2D eigenvalue weighted by molar-refractivity contribution is -0.305. The van der Waals surface area contributed by atoms with Crippen molar-refractivity contribution in [3.63, 3.8) is 0 Å². The summed E-state index contributed by atoms with van der Waals surface area (Å²) < 4.78 is 45.9. The van der Waals surface area contributed by atoms with Crippen molar-refractivity contribution in [2.45, 2.75) is 93.3 Å². The fraction of sp³-hybridized carbons (Fsp3) is 0.800. The maximum atomic E-state index is 13.9. The van der Waals surface area contributed by atoms with Crippen LogP contribution in [-0.2, 0) is 33.2 Å². The molecule has 1 aromatic carbocycles. The molecule has 2 N–H and O–H groups in total. The third-order valence-corrected chi connectivity index (χ3v) is 13.6. The van der Waals surface area contributed by atoms with Crippen LogP contribution >= 0.6 is 0 Å². The van der Waals surface area contributed by atoms with Crippen LogP contribution in [0.2, 0.25) is 0 Å². The number of esters is 1. The zero-order valence-electron chi connectivity index (χ0n) is 27.9. The number of piperidine rings is 1. The van der Waals surface area contributed by atoms with Crippen molar-refractivity contribution in [3.8, 4) is 0 Å². The molecule has 15 unspecified atom stereocenters. The molecular weight excluding hydrogens is 594 g/mol. The molecule has 46 heavy (non-hydrogen) atoms. The maximum Gasteiger partial charge on any atom is 0.338 e. The van der Waals surface area contributed by atoms with E-state index in [1.807, 2.05) is 19.9 Å². The monoisotopic (exact) mass is 643 g/mol. The minimum Gasteiger partial charge on any atom is -0.455 e. The van der Waals surface area contributed by atoms with E-state index in [1.165, 1.54) is 0 Å². The zero-order valence-corrected chi connectivity index (χ0v) is 27.9. The number of carbonyl (C=O) groups excluding carboxylic acids is 1. The number of aliphatic hydroxyl groups excluding tert-OH is 1. The number of carbonyl (C=O) groups is 1. The number of methoxy groups -OCH3 is 4. The Bertz CT molecular complexity index is 1380. The average molecular weight is 644 g/mol. The second-order valence-corrected chi connectivity index (χ2v) is 15.4. The third-order valence-electron chi connectivity index (χ3n) is 13.6. The summed E-state index contributed by atoms with van der Waals surface area (Å²) in [7, 11) is 6.75. The first-order valence-corrected chi connectivity index (χ1v) is 16.8. The van der Waals surface area contributed by atoms with Gasteiger partial charge in [-0.15, -0.1) is 0 Å². The Kier molecular flexibility index (Phi) is 6.99. The van der Waals surface area contributed by atoms with E-state index in [0.29, 0.717) is 31.6 Å². The van der Waals surface area contributed by atoms with Gasteiger partial charge in [-0.25, -0.2) is 4.79 Å². The molecule has 5 saturated carbocycles. The maximum absolute atomic E-state index is 13.9. The molecular formula is C35H49NO10. The van der Waals surface area contributed by atoms with Crippen LogP contribution in [0.4, 0.5) is 0 Å². The summed E-state index contributed by atoms with van der Waals surface area (Å²) in [6.45, 7) is 7.68. The van der Waals surface area contributed by atoms with Gasteiger partial charge in [0.2, 0.25) is 0 Å². The molecule has 2 heterocycles. The van der Waals surface area contributed by atoms with Gasteiger partial charge in [-0.1, -0.05) is 25.1 Å². The van der Waals surface area contributed by atoms with E-state index < -0.39 is 64.1 Å². The standard InChI is InChI=1S/C35H49NO10/c1-8-36-16-32(17-40-4)20(37)14-21(41-5)34-19-15-33(39)27(44-30(38)18-12-10-9-11-13-18)22(19)35(23(26(34)36)24(42-6)25(32)34)29(28(33)43-7)45-31(2,3)46-35/h9-13,19-29,37,39H,8,14-17H2,1-7H3. The SMILES string of the molecule is CCN1CC2(COC)C(O)CC(OC)C34C5CC6(O)C(OC)C7OC(C)(C)OC7(C5C6OC(=O)c5ccccc5)C(C(OC)C23)C14. The van der Waals surface area contributed by atoms with Crippen LogP contribution in [0.3, 0.4) is 0 Å². The molecule has 0 aromatic heterocycles. The Morgan fingerprint density at radius 2 is 1.78 bits per heavy atom. The molecule has 7 bridgehead atoms. The van der Waals surface area contributed by atoms with E-state index in [0.717, 1.165) is 6.54 Å². The van der Waals surface area contributed by atoms with Crippen LogP contribution in [0.1, 0.15) is 44.0 Å². The second kappa shape index (κ2) is 10.2. The molecule has 5 aliphatic carbocycles. The molecule has 15 atom stereocenters. The van der Waals surface area contributed by atoms with Gasteiger partial charge in [-0.05, 0) is 44.9 Å². The van der Waals surface area contributed by atoms with Crippen molar-refractivity contribution < 1.29 is 48.2 Å². The number of ether oxygens (including phenoxy) is 7. The topological polar surface area (TPSA) is 125 Å². The lowest BCUT2D eigenvalue weighted by atomic mass is 9.42. The first-order valence-electron chi connectivity index (χ1n) is 16.8. The highest BCUT2D eigenvalue weighted by Gasteiger charge is 2.93. The number of rotatable bonds is 8. The number of aliphatic hydroxyl groups is 2. The number of nitrogens with zero attached hydrogens (tertiary/aromatic N) is 1. The molecule has 0 amide bonds. The van der Waals surface area contributed by atoms with Crippen LogP contribution in [0.25, 0.3) is 0 Å². The highest BCUT2D eigenvalue weighted by Crippen LogP contribution is 2.82. The molecule has 8 rings (SSSR count). The lowest BCUT2D eigenvalue weighted by Gasteiger charge is -2.70. The Morgan fingerprint density at radius 3 is 2.41 bits per heavy atom. The number of hydrogen-bond acceptors (Lipinski definition) is 11. The summed E-state index contributed by atoms with van der Waals surface area (Å²) >= 11 is 0. The average Bonchev–Trinajstić information content (AvgIpc) is 3.54. The lowest BCUT2D eigenvalue weighted by Crippen LogP contribution is -2.80. The predicted octanol–water partition coefficient (Wildman–Crippen LogP) is 1.88. The van der Waals surface area contributed by atoms with Crippen molar-refractivity contribution in [2.75, 3.05) is 48.1 Å². The van der Waals surface area contributed by atoms with Crippen LogP contribution in [0.15, 0.2) is 30.3 Å². The minimum atomic E-state index is -1.57. The van der Waals surface area contributed by atoms with Crippen LogP contribution in [-0.4, -0.2) is 129 Å². The smallest absolute Gasteiger partial charge is 0.338 e. The number of hydrogen-bond donors (Lipinski definition) is 2. The van der Waals surface area contributed by atoms with E-state index in [-0.39, 0.29) is 36.0 Å². The van der Waals surface area contributed by atoms with E-state index >= 15 is 0 Å². The summed E-state index contributed by atoms with van der Waals surface area (Å²) in [5.74, 6) is -2.70. The van der Waals surface area contributed by atoms with Crippen molar-refractivity contribution >= 4 is 5.97 Å². The highest BCUT2D eigenvalue weighted by atomic mass is 16.8. The van der Waals surface area contributed by atoms with Crippen LogP contribution < -0.4 is 0 Å². The van der Waals surface area contributed by atoms with Gasteiger partial charge in [0.25, 0.3) is 0 Å². The van der Waals surface area contributed by atoms with Gasteiger partial charge in [-0.2, -0.15) is 0 Å². The quantitative estimate of drug-likeness (QED) is 0.404. The van der Waals surface area contributed by atoms with E-state index in [9.17, 15) is 15.0 Å². The second-order valence-electron chi connectivity index (χ2n) is 15.4. The normalized spacial score (nSPS) is 52.4. The fourth-order valence-corrected chi connectivity index (χ4v) is 12.9. The molecule has 0 radical (unpaired) electrons. The van der Waals surface area contributed by atoms with Gasteiger partial charge in [0.05, 0.1) is 30.5 Å². The molecule has 11 heteroatoms. The Hall–Kier alpha value is -1.67. The summed E-state index contributed by atoms with van der Waals surface area (Å²) in [4.78, 5) is 16.3. The first kappa shape index (κ1) is 31.6. The van der Waals surface area contributed by atoms with Crippen molar-refractivity contribution in [1.29, 1.82) is 0 Å². The number of likely N-dealkylation sites (tertiary alicyclic amines) is 1. The highest BCUT2D eigenvalue weighted by molar-refractivity contribution is 5.89. The van der Waals surface area contributed by atoms with Crippen LogP contribution in [0, 0.1) is 34.5 Å². The number of fused-ring (bicyclic) bond motifs is 1. The molecule has 1 aromatic rings. The van der Waals surface area contributed by atoms with Crippen molar-refractivity contribution in [2.24, 2.45) is 34.5 Å². The number of benzene rings is 1. The molecule has 2 spiro atoms. The van der Waals surface area contributed by atoms with E-state index in [4.69, 9.17) is 33.2 Å². The molecule has 7 fully saturated rings. The summed E-state index contributed by atoms with van der Waals surface area (Å²) in [6, 6.07) is 8.81. The zero-order chi connectivity index (χ0) is 32.6. The van der Waals surface area contributed by atoms with Gasteiger partial charge in [-0.3, -0.25) is 4.90 Å². The van der Waals surface area contributed by atoms with Gasteiger partial charge >= 0.3 is 5.97 Å². The summed E-state index contributed by atoms with van der Waals surface area (Å²) in [6.07, 6.45) is -3.17. The van der Waals surface area contributed by atoms with Gasteiger partial charge < -0.3 is 43.4 Å². The van der Waals surface area contributed by atoms with Crippen molar-refractivity contribution in [3.05, 3.63) is 35.9 Å².